The van der Waals surface area contributed by atoms with Crippen molar-refractivity contribution in [3.63, 3.8) is 0 Å². The summed E-state index contributed by atoms with van der Waals surface area (Å²) in [5.74, 6) is 2.12. The van der Waals surface area contributed by atoms with Crippen molar-refractivity contribution in [3.05, 3.63) is 60.4 Å². The SMILES string of the molecule is Nc1nc(Nc2ccc(N3CCOCC3)cc2)c2nc(C3CCC(N)CC3)n(-c3ccccc3)c2n1. The maximum Gasteiger partial charge on any atom is 0.224 e. The molecule has 0 bridgehead atoms. The first-order valence-electron chi connectivity index (χ1n) is 12.7. The van der Waals surface area contributed by atoms with Crippen molar-refractivity contribution < 1.29 is 4.74 Å². The Morgan fingerprint density at radius 2 is 1.56 bits per heavy atom. The minimum absolute atomic E-state index is 0.212. The number of nitrogen functional groups attached to an aromatic ring is 1. The van der Waals surface area contributed by atoms with E-state index in [1.807, 2.05) is 18.2 Å². The van der Waals surface area contributed by atoms with Gasteiger partial charge in [-0.05, 0) is 62.1 Å². The van der Waals surface area contributed by atoms with E-state index >= 15 is 0 Å². The average molecular weight is 485 g/mol. The molecule has 186 valence electrons. The van der Waals surface area contributed by atoms with Crippen LogP contribution >= 0.6 is 0 Å². The van der Waals surface area contributed by atoms with E-state index in [-0.39, 0.29) is 12.0 Å². The molecule has 2 fully saturated rings. The maximum atomic E-state index is 6.21. The van der Waals surface area contributed by atoms with Crippen LogP contribution in [0.1, 0.15) is 37.4 Å². The van der Waals surface area contributed by atoms with Crippen molar-refractivity contribution in [1.29, 1.82) is 0 Å². The van der Waals surface area contributed by atoms with Crippen molar-refractivity contribution in [3.8, 4) is 5.69 Å². The summed E-state index contributed by atoms with van der Waals surface area (Å²) < 4.78 is 7.61. The van der Waals surface area contributed by atoms with Crippen LogP contribution in [-0.4, -0.2) is 51.9 Å². The molecule has 3 heterocycles. The monoisotopic (exact) mass is 484 g/mol. The van der Waals surface area contributed by atoms with Crippen molar-refractivity contribution >= 4 is 34.3 Å². The van der Waals surface area contributed by atoms with Crippen LogP contribution in [0.3, 0.4) is 0 Å². The highest BCUT2D eigenvalue weighted by atomic mass is 16.5. The Hall–Kier alpha value is -3.69. The largest absolute Gasteiger partial charge is 0.378 e. The Bertz CT molecular complexity index is 1320. The molecule has 5 N–H and O–H groups in total. The highest BCUT2D eigenvalue weighted by Crippen LogP contribution is 2.37. The van der Waals surface area contributed by atoms with Gasteiger partial charge in [0.2, 0.25) is 5.95 Å². The number of nitrogens with zero attached hydrogens (tertiary/aromatic N) is 5. The number of nitrogens with one attached hydrogen (secondary N) is 1. The van der Waals surface area contributed by atoms with Crippen LogP contribution in [0.2, 0.25) is 0 Å². The van der Waals surface area contributed by atoms with Crippen LogP contribution in [-0.2, 0) is 4.74 Å². The van der Waals surface area contributed by atoms with E-state index < -0.39 is 0 Å². The second-order valence-electron chi connectivity index (χ2n) is 9.63. The molecule has 2 aliphatic rings. The molecule has 0 radical (unpaired) electrons. The van der Waals surface area contributed by atoms with Gasteiger partial charge in [0.25, 0.3) is 0 Å². The normalized spacial score (nSPS) is 20.5. The molecule has 1 aliphatic heterocycles. The number of anilines is 4. The molecule has 2 aromatic carbocycles. The minimum atomic E-state index is 0.212. The molecule has 0 atom stereocenters. The molecular weight excluding hydrogens is 452 g/mol. The van der Waals surface area contributed by atoms with Crippen molar-refractivity contribution in [2.45, 2.75) is 37.6 Å². The number of hydrogen-bond donors (Lipinski definition) is 3. The lowest BCUT2D eigenvalue weighted by Gasteiger charge is -2.28. The third kappa shape index (κ3) is 4.47. The van der Waals surface area contributed by atoms with Gasteiger partial charge in [0.1, 0.15) is 5.82 Å². The first kappa shape index (κ1) is 22.8. The summed E-state index contributed by atoms with van der Waals surface area (Å²) in [6.45, 7) is 3.33. The third-order valence-corrected chi connectivity index (χ3v) is 7.21. The Morgan fingerprint density at radius 1 is 0.833 bits per heavy atom. The lowest BCUT2D eigenvalue weighted by atomic mass is 9.86. The summed E-state index contributed by atoms with van der Waals surface area (Å²) in [6, 6.07) is 18.9. The lowest BCUT2D eigenvalue weighted by molar-refractivity contribution is 0.122. The fourth-order valence-electron chi connectivity index (χ4n) is 5.28. The van der Waals surface area contributed by atoms with Gasteiger partial charge in [-0.3, -0.25) is 4.57 Å². The standard InChI is InChI=1S/C27H32N8O/c28-19-8-6-18(7-9-19)25-31-23-24(30-20-10-12-21(13-11-20)34-14-16-36-17-15-34)32-27(29)33-26(23)35(25)22-4-2-1-3-5-22/h1-5,10-13,18-19H,6-9,14-17,28H2,(H3,29,30,32,33). The molecule has 0 unspecified atom stereocenters. The topological polar surface area (TPSA) is 120 Å². The molecule has 6 rings (SSSR count). The number of morpholine rings is 1. The van der Waals surface area contributed by atoms with Crippen molar-refractivity contribution in [2.24, 2.45) is 5.73 Å². The second kappa shape index (κ2) is 9.75. The number of ether oxygens (including phenoxy) is 1. The molecule has 1 aliphatic carbocycles. The summed E-state index contributed by atoms with van der Waals surface area (Å²) in [5.41, 5.74) is 17.0. The van der Waals surface area contributed by atoms with Gasteiger partial charge in [-0.15, -0.1) is 0 Å². The quantitative estimate of drug-likeness (QED) is 0.389. The Balaban J connectivity index is 1.39. The molecule has 36 heavy (non-hydrogen) atoms. The molecule has 9 nitrogen and oxygen atoms in total. The van der Waals surface area contributed by atoms with E-state index in [9.17, 15) is 0 Å². The number of fused-ring (bicyclic) bond motifs is 1. The summed E-state index contributed by atoms with van der Waals surface area (Å²) in [4.78, 5) is 16.6. The highest BCUT2D eigenvalue weighted by molar-refractivity contribution is 5.88. The van der Waals surface area contributed by atoms with E-state index in [0.717, 1.165) is 74.7 Å². The molecular formula is C27H32N8O. The van der Waals surface area contributed by atoms with Crippen LogP contribution in [0.15, 0.2) is 54.6 Å². The van der Waals surface area contributed by atoms with Crippen LogP contribution in [0, 0.1) is 0 Å². The summed E-state index contributed by atoms with van der Waals surface area (Å²) in [5, 5.41) is 3.45. The zero-order chi connectivity index (χ0) is 24.5. The molecule has 1 saturated heterocycles. The number of hydrogen-bond acceptors (Lipinski definition) is 8. The Kier molecular flexibility index (Phi) is 6.16. The molecule has 1 saturated carbocycles. The van der Waals surface area contributed by atoms with Crippen LogP contribution in [0.25, 0.3) is 16.9 Å². The summed E-state index contributed by atoms with van der Waals surface area (Å²) in [7, 11) is 0. The zero-order valence-electron chi connectivity index (χ0n) is 20.3. The van der Waals surface area contributed by atoms with E-state index in [1.54, 1.807) is 0 Å². The molecule has 2 aromatic heterocycles. The van der Waals surface area contributed by atoms with Crippen LogP contribution in [0.5, 0.6) is 0 Å². The van der Waals surface area contributed by atoms with E-state index in [1.165, 1.54) is 5.69 Å². The minimum Gasteiger partial charge on any atom is -0.378 e. The fourth-order valence-corrected chi connectivity index (χ4v) is 5.28. The predicted molar refractivity (Wildman–Crippen MR) is 143 cm³/mol. The number of imidazole rings is 1. The number of benzene rings is 2. The van der Waals surface area contributed by atoms with Gasteiger partial charge in [0.15, 0.2) is 17.0 Å². The number of aromatic nitrogens is 4. The smallest absolute Gasteiger partial charge is 0.224 e. The van der Waals surface area contributed by atoms with Crippen molar-refractivity contribution in [1.82, 2.24) is 19.5 Å². The van der Waals surface area contributed by atoms with E-state index in [4.69, 9.17) is 21.2 Å². The lowest BCUT2D eigenvalue weighted by Crippen LogP contribution is -2.36. The van der Waals surface area contributed by atoms with Crippen molar-refractivity contribution in [2.75, 3.05) is 42.3 Å². The second-order valence-corrected chi connectivity index (χ2v) is 9.63. The predicted octanol–water partition coefficient (Wildman–Crippen LogP) is 3.96. The number of rotatable bonds is 5. The Labute approximate surface area is 210 Å². The number of para-hydroxylation sites is 1. The third-order valence-electron chi connectivity index (χ3n) is 7.21. The van der Waals surface area contributed by atoms with Gasteiger partial charge in [-0.2, -0.15) is 9.97 Å². The molecule has 0 amide bonds. The summed E-state index contributed by atoms with van der Waals surface area (Å²) >= 11 is 0. The van der Waals surface area contributed by atoms with Crippen LogP contribution in [0.4, 0.5) is 23.1 Å². The first-order chi connectivity index (χ1) is 17.7. The van der Waals surface area contributed by atoms with Gasteiger partial charge in [0.05, 0.1) is 13.2 Å². The molecule has 0 spiro atoms. The maximum absolute atomic E-state index is 6.21. The highest BCUT2D eigenvalue weighted by Gasteiger charge is 2.28. The van der Waals surface area contributed by atoms with Gasteiger partial charge in [-0.1, -0.05) is 18.2 Å². The average Bonchev–Trinajstić information content (AvgIpc) is 3.30. The summed E-state index contributed by atoms with van der Waals surface area (Å²) in [6.07, 6.45) is 4.01. The number of nitrogens with two attached hydrogens (primary N) is 2. The van der Waals surface area contributed by atoms with E-state index in [0.29, 0.717) is 17.4 Å². The van der Waals surface area contributed by atoms with Crippen LogP contribution < -0.4 is 21.7 Å². The van der Waals surface area contributed by atoms with Gasteiger partial charge >= 0.3 is 0 Å². The van der Waals surface area contributed by atoms with Gasteiger partial charge < -0.3 is 26.4 Å². The van der Waals surface area contributed by atoms with Gasteiger partial charge in [-0.25, -0.2) is 4.98 Å². The van der Waals surface area contributed by atoms with E-state index in [2.05, 4.69) is 61.1 Å². The Morgan fingerprint density at radius 3 is 2.28 bits per heavy atom. The fraction of sp³-hybridized carbons (Fsp3) is 0.370. The molecule has 4 aromatic rings. The van der Waals surface area contributed by atoms with Gasteiger partial charge in [0, 0.05) is 42.1 Å². The zero-order valence-corrected chi connectivity index (χ0v) is 20.3. The molecule has 9 heteroatoms. The first-order valence-corrected chi connectivity index (χ1v) is 12.7.